The zero-order chi connectivity index (χ0) is 18.0. The lowest BCUT2D eigenvalue weighted by Crippen LogP contribution is -2.18. The van der Waals surface area contributed by atoms with Crippen LogP contribution in [0.5, 0.6) is 0 Å². The van der Waals surface area contributed by atoms with E-state index in [-0.39, 0.29) is 5.82 Å². The predicted octanol–water partition coefficient (Wildman–Crippen LogP) is 2.26. The van der Waals surface area contributed by atoms with Gasteiger partial charge in [-0.1, -0.05) is 6.07 Å². The zero-order valence-electron chi connectivity index (χ0n) is 12.2. The summed E-state index contributed by atoms with van der Waals surface area (Å²) in [6.45, 7) is -1.05. The lowest BCUT2D eigenvalue weighted by molar-refractivity contribution is 0.0464. The molecule has 2 N–H and O–H groups in total. The fourth-order valence-electron chi connectivity index (χ4n) is 1.96. The Labute approximate surface area is 132 Å². The second kappa shape index (κ2) is 6.69. The molecule has 1 aromatic carbocycles. The SMILES string of the molecule is Cn1nc(C(F)F)c(C(=O)OCC(=O)c2c(F)cccc2F)c1N. The normalized spacial score (nSPS) is 10.9. The largest absolute Gasteiger partial charge is 0.454 e. The molecule has 0 atom stereocenters. The third kappa shape index (κ3) is 3.21. The van der Waals surface area contributed by atoms with Crippen molar-refractivity contribution in [1.29, 1.82) is 0 Å². The maximum Gasteiger partial charge on any atom is 0.344 e. The Balaban J connectivity index is 2.19. The summed E-state index contributed by atoms with van der Waals surface area (Å²) in [4.78, 5) is 23.7. The predicted molar refractivity (Wildman–Crippen MR) is 73.5 cm³/mol. The number of ether oxygens (including phenoxy) is 1. The number of hydrogen-bond donors (Lipinski definition) is 1. The first kappa shape index (κ1) is 17.4. The Hall–Kier alpha value is -2.91. The number of nitrogen functional groups attached to an aromatic ring is 1. The number of Topliss-reactive ketones (excluding diaryl/α,β-unsaturated/α-hetero) is 1. The van der Waals surface area contributed by atoms with Crippen LogP contribution in [0.2, 0.25) is 0 Å². The van der Waals surface area contributed by atoms with Crippen LogP contribution < -0.4 is 5.73 Å². The van der Waals surface area contributed by atoms with Gasteiger partial charge in [0.2, 0.25) is 5.78 Å². The van der Waals surface area contributed by atoms with Gasteiger partial charge in [-0.25, -0.2) is 22.4 Å². The van der Waals surface area contributed by atoms with Crippen LogP contribution in [0.3, 0.4) is 0 Å². The van der Waals surface area contributed by atoms with Crippen molar-refractivity contribution >= 4 is 17.6 Å². The van der Waals surface area contributed by atoms with Crippen LogP contribution in [-0.4, -0.2) is 28.1 Å². The molecule has 0 bridgehead atoms. The van der Waals surface area contributed by atoms with Crippen molar-refractivity contribution in [2.45, 2.75) is 6.43 Å². The van der Waals surface area contributed by atoms with Gasteiger partial charge in [0.1, 0.15) is 28.7 Å². The number of benzene rings is 1. The molecular weight excluding hydrogens is 334 g/mol. The van der Waals surface area contributed by atoms with Gasteiger partial charge in [0.05, 0.1) is 5.56 Å². The van der Waals surface area contributed by atoms with E-state index in [4.69, 9.17) is 5.73 Å². The molecule has 0 aliphatic heterocycles. The fraction of sp³-hybridized carbons (Fsp3) is 0.214. The van der Waals surface area contributed by atoms with Crippen molar-refractivity contribution in [1.82, 2.24) is 9.78 Å². The number of rotatable bonds is 5. The Morgan fingerprint density at radius 3 is 2.38 bits per heavy atom. The molecule has 0 amide bonds. The number of nitrogens with two attached hydrogens (primary N) is 1. The minimum absolute atomic E-state index is 0.389. The summed E-state index contributed by atoms with van der Waals surface area (Å²) in [6.07, 6.45) is -3.10. The molecule has 0 unspecified atom stereocenters. The molecule has 1 heterocycles. The quantitative estimate of drug-likeness (QED) is 0.510. The van der Waals surface area contributed by atoms with Gasteiger partial charge in [-0.3, -0.25) is 9.48 Å². The van der Waals surface area contributed by atoms with Crippen LogP contribution in [0, 0.1) is 11.6 Å². The van der Waals surface area contributed by atoms with E-state index in [0.717, 1.165) is 22.9 Å². The molecule has 10 heteroatoms. The minimum Gasteiger partial charge on any atom is -0.454 e. The van der Waals surface area contributed by atoms with E-state index in [9.17, 15) is 27.2 Å². The molecule has 0 spiro atoms. The molecule has 2 rings (SSSR count). The van der Waals surface area contributed by atoms with Crippen molar-refractivity contribution in [2.75, 3.05) is 12.3 Å². The lowest BCUT2D eigenvalue weighted by Gasteiger charge is -2.07. The van der Waals surface area contributed by atoms with E-state index in [1.807, 2.05) is 0 Å². The standard InChI is InChI=1S/C14H11F4N3O3/c1-21-13(19)10(11(20-21)12(17)18)14(23)24-5-8(22)9-6(15)3-2-4-7(9)16/h2-4,12H,5,19H2,1H3. The first-order valence-corrected chi connectivity index (χ1v) is 6.48. The Morgan fingerprint density at radius 1 is 1.25 bits per heavy atom. The topological polar surface area (TPSA) is 87.2 Å². The molecule has 0 saturated heterocycles. The lowest BCUT2D eigenvalue weighted by atomic mass is 10.1. The number of esters is 1. The molecule has 2 aromatic rings. The van der Waals surface area contributed by atoms with Gasteiger partial charge in [0.15, 0.2) is 6.61 Å². The van der Waals surface area contributed by atoms with Gasteiger partial charge in [-0.2, -0.15) is 5.10 Å². The summed E-state index contributed by atoms with van der Waals surface area (Å²) in [5.74, 6) is -5.17. The maximum absolute atomic E-state index is 13.5. The summed E-state index contributed by atoms with van der Waals surface area (Å²) in [6, 6.07) is 2.76. The number of aryl methyl sites for hydroxylation is 1. The van der Waals surface area contributed by atoms with Gasteiger partial charge in [-0.15, -0.1) is 0 Å². The molecule has 0 radical (unpaired) electrons. The molecule has 1 aromatic heterocycles. The number of aromatic nitrogens is 2. The summed E-state index contributed by atoms with van der Waals surface area (Å²) in [7, 11) is 1.23. The minimum atomic E-state index is -3.10. The van der Waals surface area contributed by atoms with Crippen molar-refractivity contribution < 1.29 is 31.9 Å². The average molecular weight is 345 g/mol. The van der Waals surface area contributed by atoms with E-state index < -0.39 is 53.2 Å². The van der Waals surface area contributed by atoms with Crippen molar-refractivity contribution in [2.24, 2.45) is 7.05 Å². The van der Waals surface area contributed by atoms with Crippen LogP contribution in [-0.2, 0) is 11.8 Å². The monoisotopic (exact) mass is 345 g/mol. The Morgan fingerprint density at radius 2 is 1.83 bits per heavy atom. The summed E-state index contributed by atoms with van der Waals surface area (Å²) in [5, 5.41) is 3.38. The molecule has 0 saturated carbocycles. The highest BCUT2D eigenvalue weighted by molar-refractivity contribution is 6.01. The number of alkyl halides is 2. The van der Waals surface area contributed by atoms with Gasteiger partial charge >= 0.3 is 5.97 Å². The van der Waals surface area contributed by atoms with Crippen LogP contribution >= 0.6 is 0 Å². The van der Waals surface area contributed by atoms with E-state index >= 15 is 0 Å². The van der Waals surface area contributed by atoms with Crippen LogP contribution in [0.25, 0.3) is 0 Å². The first-order valence-electron chi connectivity index (χ1n) is 6.48. The first-order chi connectivity index (χ1) is 11.2. The highest BCUT2D eigenvalue weighted by Gasteiger charge is 2.29. The number of halogens is 4. The van der Waals surface area contributed by atoms with Crippen LogP contribution in [0.4, 0.5) is 23.4 Å². The molecule has 128 valence electrons. The van der Waals surface area contributed by atoms with Crippen molar-refractivity contribution in [3.05, 3.63) is 46.7 Å². The van der Waals surface area contributed by atoms with E-state index in [2.05, 4.69) is 9.84 Å². The molecular formula is C14H11F4N3O3. The maximum atomic E-state index is 13.5. The van der Waals surface area contributed by atoms with E-state index in [0.29, 0.717) is 0 Å². The molecule has 0 aliphatic carbocycles. The van der Waals surface area contributed by atoms with Gasteiger partial charge in [-0.05, 0) is 12.1 Å². The Kier molecular flexibility index (Phi) is 4.86. The van der Waals surface area contributed by atoms with E-state index in [1.54, 1.807) is 0 Å². The van der Waals surface area contributed by atoms with Crippen molar-refractivity contribution in [3.8, 4) is 0 Å². The third-order valence-corrected chi connectivity index (χ3v) is 3.11. The van der Waals surface area contributed by atoms with Crippen LogP contribution in [0.15, 0.2) is 18.2 Å². The smallest absolute Gasteiger partial charge is 0.344 e. The number of hydrogen-bond acceptors (Lipinski definition) is 5. The number of nitrogens with zero attached hydrogens (tertiary/aromatic N) is 2. The second-order valence-electron chi connectivity index (χ2n) is 4.67. The number of ketones is 1. The van der Waals surface area contributed by atoms with Crippen LogP contribution in [0.1, 0.15) is 32.8 Å². The zero-order valence-corrected chi connectivity index (χ0v) is 12.2. The second-order valence-corrected chi connectivity index (χ2v) is 4.67. The van der Waals surface area contributed by atoms with Gasteiger partial charge in [0.25, 0.3) is 6.43 Å². The molecule has 6 nitrogen and oxygen atoms in total. The highest BCUT2D eigenvalue weighted by atomic mass is 19.3. The summed E-state index contributed by atoms with van der Waals surface area (Å²) >= 11 is 0. The summed E-state index contributed by atoms with van der Waals surface area (Å²) < 4.78 is 58.0. The van der Waals surface area contributed by atoms with Gasteiger partial charge < -0.3 is 10.5 Å². The third-order valence-electron chi connectivity index (χ3n) is 3.11. The Bertz CT molecular complexity index is 785. The number of carbonyl (C=O) groups excluding carboxylic acids is 2. The summed E-state index contributed by atoms with van der Waals surface area (Å²) in [5.41, 5.74) is 2.97. The number of anilines is 1. The van der Waals surface area contributed by atoms with E-state index in [1.165, 1.54) is 7.05 Å². The fourth-order valence-corrected chi connectivity index (χ4v) is 1.96. The molecule has 0 fully saturated rings. The van der Waals surface area contributed by atoms with Crippen molar-refractivity contribution in [3.63, 3.8) is 0 Å². The highest BCUT2D eigenvalue weighted by Crippen LogP contribution is 2.26. The molecule has 0 aliphatic rings. The number of carbonyl (C=O) groups is 2. The average Bonchev–Trinajstić information content (AvgIpc) is 2.81. The molecule has 24 heavy (non-hydrogen) atoms. The van der Waals surface area contributed by atoms with Gasteiger partial charge in [0, 0.05) is 7.05 Å².